The van der Waals surface area contributed by atoms with Crippen molar-refractivity contribution in [1.82, 2.24) is 4.57 Å². The zero-order chi connectivity index (χ0) is 21.0. The second-order valence-corrected chi connectivity index (χ2v) is 8.20. The largest absolute Gasteiger partial charge is 0.460 e. The Labute approximate surface area is 160 Å². The van der Waals surface area contributed by atoms with Gasteiger partial charge in [-0.15, -0.1) is 16.3 Å². The molecular weight excluding hydrogens is 376 g/mol. The van der Waals surface area contributed by atoms with Crippen molar-refractivity contribution in [2.24, 2.45) is 4.99 Å². The highest BCUT2D eigenvalue weighted by molar-refractivity contribution is 7.07. The minimum atomic E-state index is -1.13. The molecule has 0 saturated carbocycles. The maximum Gasteiger partial charge on any atom is 0.436 e. The molecule has 1 aromatic heterocycles. The van der Waals surface area contributed by atoms with Crippen molar-refractivity contribution in [3.63, 3.8) is 0 Å². The van der Waals surface area contributed by atoms with Crippen molar-refractivity contribution < 1.29 is 33.4 Å². The number of aromatic nitrogens is 1. The van der Waals surface area contributed by atoms with Crippen molar-refractivity contribution in [2.45, 2.75) is 59.7 Å². The van der Waals surface area contributed by atoms with Crippen molar-refractivity contribution in [3.8, 4) is 0 Å². The van der Waals surface area contributed by atoms with Gasteiger partial charge in [-0.2, -0.15) is 0 Å². The fourth-order valence-electron chi connectivity index (χ4n) is 1.70. The summed E-state index contributed by atoms with van der Waals surface area (Å²) in [6.07, 6.45) is -1.91. The number of esters is 1. The predicted molar refractivity (Wildman–Crippen MR) is 96.7 cm³/mol. The average molecular weight is 400 g/mol. The molecule has 9 nitrogen and oxygen atoms in total. The maximum absolute atomic E-state index is 12.5. The van der Waals surface area contributed by atoms with Crippen LogP contribution in [0.1, 0.15) is 59.0 Å². The molecule has 0 fully saturated rings. The normalized spacial score (nSPS) is 12.5. The van der Waals surface area contributed by atoms with Crippen molar-refractivity contribution in [1.29, 1.82) is 0 Å². The van der Waals surface area contributed by atoms with Gasteiger partial charge in [-0.05, 0) is 48.5 Å². The molecule has 27 heavy (non-hydrogen) atoms. The van der Waals surface area contributed by atoms with Gasteiger partial charge < -0.3 is 14.2 Å². The van der Waals surface area contributed by atoms with E-state index in [9.17, 15) is 19.2 Å². The summed E-state index contributed by atoms with van der Waals surface area (Å²) < 4.78 is 15.8. The molecule has 0 unspecified atom stereocenters. The molecule has 10 heteroatoms. The molecule has 0 atom stereocenters. The van der Waals surface area contributed by atoms with Gasteiger partial charge >= 0.3 is 18.2 Å². The Morgan fingerprint density at radius 2 is 1.59 bits per heavy atom. The summed E-state index contributed by atoms with van der Waals surface area (Å²) in [6, 6.07) is 0. The van der Waals surface area contributed by atoms with Gasteiger partial charge in [0.2, 0.25) is 4.80 Å². The van der Waals surface area contributed by atoms with Crippen LogP contribution in [0.3, 0.4) is 0 Å². The highest BCUT2D eigenvalue weighted by Crippen LogP contribution is 2.13. The third-order valence-corrected chi connectivity index (χ3v) is 3.38. The Bertz CT molecular complexity index is 806. The van der Waals surface area contributed by atoms with E-state index >= 15 is 0 Å². The van der Waals surface area contributed by atoms with E-state index in [1.54, 1.807) is 48.5 Å². The van der Waals surface area contributed by atoms with E-state index in [4.69, 9.17) is 9.47 Å². The highest BCUT2D eigenvalue weighted by atomic mass is 32.1. The van der Waals surface area contributed by atoms with Gasteiger partial charge in [0.25, 0.3) is 5.78 Å². The summed E-state index contributed by atoms with van der Waals surface area (Å²) in [4.78, 5) is 52.1. The molecule has 1 heterocycles. The van der Waals surface area contributed by atoms with E-state index in [0.29, 0.717) is 0 Å². The number of carbonyl (C=O) groups is 4. The zero-order valence-electron chi connectivity index (χ0n) is 16.4. The Hall–Kier alpha value is -2.49. The van der Waals surface area contributed by atoms with Crippen LogP contribution in [-0.4, -0.2) is 46.3 Å². The van der Waals surface area contributed by atoms with Gasteiger partial charge in [-0.1, -0.05) is 0 Å². The number of amides is 1. The fraction of sp³-hybridized carbons (Fsp3) is 0.588. The molecule has 1 amide bonds. The molecule has 0 spiro atoms. The lowest BCUT2D eigenvalue weighted by molar-refractivity contribution is -0.137. The first kappa shape index (κ1) is 22.6. The number of ether oxygens (including phenoxy) is 3. The summed E-state index contributed by atoms with van der Waals surface area (Å²) in [6.45, 7) is 11.4. The molecule has 0 N–H and O–H groups in total. The number of ketones is 1. The van der Waals surface area contributed by atoms with Gasteiger partial charge in [0.05, 0.1) is 6.61 Å². The lowest BCUT2D eigenvalue weighted by Crippen LogP contribution is -2.36. The molecule has 1 rings (SSSR count). The van der Waals surface area contributed by atoms with E-state index < -0.39 is 35.1 Å². The van der Waals surface area contributed by atoms with E-state index in [0.717, 1.165) is 15.9 Å². The molecule has 0 aliphatic carbocycles. The first-order chi connectivity index (χ1) is 12.2. The number of Topliss-reactive ketones (excluding diaryl/α,β-unsaturated/α-hetero) is 1. The van der Waals surface area contributed by atoms with Gasteiger partial charge in [0.15, 0.2) is 0 Å². The number of thiazole rings is 1. The Morgan fingerprint density at radius 1 is 1.04 bits per heavy atom. The van der Waals surface area contributed by atoms with Crippen LogP contribution < -0.4 is 4.80 Å². The minimum Gasteiger partial charge on any atom is -0.460 e. The van der Waals surface area contributed by atoms with Gasteiger partial charge in [-0.25, -0.2) is 19.0 Å². The van der Waals surface area contributed by atoms with E-state index in [-0.39, 0.29) is 17.1 Å². The van der Waals surface area contributed by atoms with Gasteiger partial charge in [0.1, 0.15) is 16.9 Å². The van der Waals surface area contributed by atoms with Crippen LogP contribution in [0.25, 0.3) is 0 Å². The summed E-state index contributed by atoms with van der Waals surface area (Å²) in [5.74, 6) is -2.18. The molecule has 0 saturated heterocycles. The fourth-order valence-corrected chi connectivity index (χ4v) is 2.53. The lowest BCUT2D eigenvalue weighted by Gasteiger charge is -2.20. The van der Waals surface area contributed by atoms with Crippen LogP contribution in [0.5, 0.6) is 0 Å². The topological polar surface area (TPSA) is 113 Å². The Balaban J connectivity index is 3.44. The number of hydrogen-bond acceptors (Lipinski definition) is 8. The second-order valence-electron chi connectivity index (χ2n) is 7.36. The number of nitrogens with zero attached hydrogens (tertiary/aromatic N) is 2. The smallest absolute Gasteiger partial charge is 0.436 e. The number of hydrogen-bond donors (Lipinski definition) is 0. The highest BCUT2D eigenvalue weighted by Gasteiger charge is 2.29. The van der Waals surface area contributed by atoms with Crippen LogP contribution in [0.2, 0.25) is 0 Å². The number of carbonyl (C=O) groups excluding carboxylic acids is 4. The molecule has 1 aromatic rings. The maximum atomic E-state index is 12.5. The third kappa shape index (κ3) is 6.97. The van der Waals surface area contributed by atoms with E-state index in [1.165, 1.54) is 5.38 Å². The first-order valence-corrected chi connectivity index (χ1v) is 9.06. The first-order valence-electron chi connectivity index (χ1n) is 8.18. The molecule has 0 aliphatic rings. The summed E-state index contributed by atoms with van der Waals surface area (Å²) >= 11 is 0.815. The number of rotatable bonds is 3. The van der Waals surface area contributed by atoms with Crippen molar-refractivity contribution >= 4 is 35.3 Å². The lowest BCUT2D eigenvalue weighted by atomic mass is 10.2. The molecule has 0 radical (unpaired) electrons. The molecular formula is C17H24N2O7S. The molecule has 0 bridgehead atoms. The van der Waals surface area contributed by atoms with Crippen LogP contribution in [-0.2, 0) is 19.0 Å². The van der Waals surface area contributed by atoms with Crippen LogP contribution in [0.15, 0.2) is 10.4 Å². The summed E-state index contributed by atoms with van der Waals surface area (Å²) in [7, 11) is 0. The quantitative estimate of drug-likeness (QED) is 0.332. The van der Waals surface area contributed by atoms with Crippen LogP contribution >= 0.6 is 11.3 Å². The van der Waals surface area contributed by atoms with Crippen molar-refractivity contribution in [3.05, 3.63) is 15.9 Å². The molecule has 150 valence electrons. The third-order valence-electron chi connectivity index (χ3n) is 2.56. The standard InChI is InChI=1S/C17H24N2O7S/c1-8-24-12(21)11(20)10-9-27-13(18-14(22)25-16(2,3)4)19(10)15(23)26-17(5,6)7/h9H,8H2,1-7H3/b18-13-. The molecule has 0 aromatic carbocycles. The minimum absolute atomic E-state index is 0.00368. The van der Waals surface area contributed by atoms with E-state index in [2.05, 4.69) is 9.73 Å². The Morgan fingerprint density at radius 3 is 2.07 bits per heavy atom. The average Bonchev–Trinajstić information content (AvgIpc) is 2.86. The van der Waals surface area contributed by atoms with Gasteiger partial charge in [0, 0.05) is 5.38 Å². The predicted octanol–water partition coefficient (Wildman–Crippen LogP) is 2.91. The molecule has 0 aliphatic heterocycles. The SMILES string of the molecule is CCOC(=O)C(=O)c1cs/c(=N\C(=O)OC(C)(C)C)n1C(=O)OC(C)(C)C. The Kier molecular flexibility index (Phi) is 7.07. The van der Waals surface area contributed by atoms with E-state index in [1.807, 2.05) is 0 Å². The second kappa shape index (κ2) is 8.47. The monoisotopic (exact) mass is 400 g/mol. The summed E-state index contributed by atoms with van der Waals surface area (Å²) in [5, 5.41) is 1.23. The summed E-state index contributed by atoms with van der Waals surface area (Å²) in [5.41, 5.74) is -1.98. The van der Waals surface area contributed by atoms with Crippen LogP contribution in [0, 0.1) is 0 Å². The van der Waals surface area contributed by atoms with Crippen molar-refractivity contribution in [2.75, 3.05) is 6.61 Å². The van der Waals surface area contributed by atoms with Gasteiger partial charge in [-0.3, -0.25) is 4.79 Å². The zero-order valence-corrected chi connectivity index (χ0v) is 17.3. The van der Waals surface area contributed by atoms with Crippen LogP contribution in [0.4, 0.5) is 9.59 Å².